The van der Waals surface area contributed by atoms with Crippen LogP contribution in [0, 0.1) is 0 Å². The van der Waals surface area contributed by atoms with Crippen LogP contribution in [0.15, 0.2) is 41.8 Å². The molecular weight excluding hydrogens is 282 g/mol. The summed E-state index contributed by atoms with van der Waals surface area (Å²) in [6.07, 6.45) is 0. The highest BCUT2D eigenvalue weighted by atomic mass is 32.1. The Kier molecular flexibility index (Phi) is 4.10. The Morgan fingerprint density at radius 3 is 3.05 bits per heavy atom. The molecule has 0 spiro atoms. The first-order chi connectivity index (χ1) is 10.2. The third-order valence-corrected chi connectivity index (χ3v) is 4.68. The van der Waals surface area contributed by atoms with Crippen LogP contribution < -0.4 is 15.5 Å². The smallest absolute Gasteiger partial charge is 0.240 e. The Morgan fingerprint density at radius 1 is 1.38 bits per heavy atom. The van der Waals surface area contributed by atoms with Crippen LogP contribution in [-0.4, -0.2) is 25.5 Å². The summed E-state index contributed by atoms with van der Waals surface area (Å²) >= 11 is 1.67. The highest BCUT2D eigenvalue weighted by Crippen LogP contribution is 2.28. The zero-order chi connectivity index (χ0) is 14.7. The van der Waals surface area contributed by atoms with Gasteiger partial charge in [-0.25, -0.2) is 0 Å². The molecule has 5 heteroatoms. The van der Waals surface area contributed by atoms with Gasteiger partial charge in [0, 0.05) is 18.0 Å². The van der Waals surface area contributed by atoms with Crippen molar-refractivity contribution in [2.75, 3.05) is 29.9 Å². The van der Waals surface area contributed by atoms with Crippen molar-refractivity contribution < 1.29 is 4.79 Å². The second kappa shape index (κ2) is 6.18. The number of para-hydroxylation sites is 2. The van der Waals surface area contributed by atoms with Crippen molar-refractivity contribution in [3.63, 3.8) is 0 Å². The number of carbonyl (C=O) groups excluding carboxylic acids is 1. The second-order valence-corrected chi connectivity index (χ2v) is 6.15. The first kappa shape index (κ1) is 13.9. The van der Waals surface area contributed by atoms with E-state index < -0.39 is 0 Å². The highest BCUT2D eigenvalue weighted by Gasteiger charge is 2.19. The van der Waals surface area contributed by atoms with Crippen LogP contribution in [0.1, 0.15) is 17.8 Å². The average Bonchev–Trinajstić information content (AvgIpc) is 3.02. The van der Waals surface area contributed by atoms with Crippen molar-refractivity contribution in [3.05, 3.63) is 46.7 Å². The van der Waals surface area contributed by atoms with Crippen LogP contribution in [-0.2, 0) is 4.79 Å². The fraction of sp³-hybridized carbons (Fsp3) is 0.312. The lowest BCUT2D eigenvalue weighted by molar-refractivity contribution is -0.120. The lowest BCUT2D eigenvalue weighted by Crippen LogP contribution is -2.42. The van der Waals surface area contributed by atoms with E-state index in [0.29, 0.717) is 6.54 Å². The van der Waals surface area contributed by atoms with E-state index in [2.05, 4.69) is 27.7 Å². The van der Waals surface area contributed by atoms with E-state index in [4.69, 9.17) is 0 Å². The van der Waals surface area contributed by atoms with Crippen LogP contribution in [0.3, 0.4) is 0 Å². The lowest BCUT2D eigenvalue weighted by Gasteiger charge is -2.31. The molecule has 1 amide bonds. The number of rotatable bonds is 4. The molecule has 2 heterocycles. The average molecular weight is 301 g/mol. The molecule has 0 bridgehead atoms. The number of hydrogen-bond acceptors (Lipinski definition) is 4. The molecule has 1 aliphatic rings. The summed E-state index contributed by atoms with van der Waals surface area (Å²) < 4.78 is 0. The van der Waals surface area contributed by atoms with E-state index in [0.717, 1.165) is 24.5 Å². The van der Waals surface area contributed by atoms with Gasteiger partial charge in [0.2, 0.25) is 5.91 Å². The molecule has 4 nitrogen and oxygen atoms in total. The molecule has 0 saturated carbocycles. The van der Waals surface area contributed by atoms with Crippen molar-refractivity contribution in [2.24, 2.45) is 0 Å². The number of benzene rings is 1. The Labute approximate surface area is 128 Å². The van der Waals surface area contributed by atoms with E-state index in [-0.39, 0.29) is 11.9 Å². The number of fused-ring (bicyclic) bond motifs is 1. The minimum absolute atomic E-state index is 0.0626. The van der Waals surface area contributed by atoms with Crippen molar-refractivity contribution in [2.45, 2.75) is 13.0 Å². The van der Waals surface area contributed by atoms with Gasteiger partial charge in [-0.2, -0.15) is 0 Å². The topological polar surface area (TPSA) is 44.4 Å². The first-order valence-corrected chi connectivity index (χ1v) is 8.02. The second-order valence-electron chi connectivity index (χ2n) is 5.17. The van der Waals surface area contributed by atoms with Gasteiger partial charge in [-0.3, -0.25) is 4.79 Å². The largest absolute Gasteiger partial charge is 0.382 e. The monoisotopic (exact) mass is 301 g/mol. The summed E-state index contributed by atoms with van der Waals surface area (Å²) in [6.45, 7) is 4.13. The van der Waals surface area contributed by atoms with Crippen LogP contribution in [0.5, 0.6) is 0 Å². The molecule has 21 heavy (non-hydrogen) atoms. The van der Waals surface area contributed by atoms with Crippen LogP contribution in [0.25, 0.3) is 0 Å². The van der Waals surface area contributed by atoms with Gasteiger partial charge in [-0.15, -0.1) is 11.3 Å². The first-order valence-electron chi connectivity index (χ1n) is 7.14. The van der Waals surface area contributed by atoms with E-state index in [1.165, 1.54) is 4.88 Å². The van der Waals surface area contributed by atoms with E-state index >= 15 is 0 Å². The Balaban J connectivity index is 1.63. The Morgan fingerprint density at radius 2 is 2.24 bits per heavy atom. The van der Waals surface area contributed by atoms with Crippen molar-refractivity contribution in [1.29, 1.82) is 0 Å². The molecule has 2 N–H and O–H groups in total. The van der Waals surface area contributed by atoms with Gasteiger partial charge >= 0.3 is 0 Å². The fourth-order valence-corrected chi connectivity index (χ4v) is 3.31. The third kappa shape index (κ3) is 3.19. The fourth-order valence-electron chi connectivity index (χ4n) is 2.58. The normalized spacial score (nSPS) is 15.0. The number of nitrogens with one attached hydrogen (secondary N) is 2. The molecule has 1 unspecified atom stereocenters. The third-order valence-electron chi connectivity index (χ3n) is 3.62. The summed E-state index contributed by atoms with van der Waals surface area (Å²) in [5, 5.41) is 8.46. The summed E-state index contributed by atoms with van der Waals surface area (Å²) in [5.74, 6) is 0.0626. The summed E-state index contributed by atoms with van der Waals surface area (Å²) in [6, 6.07) is 12.2. The van der Waals surface area contributed by atoms with Crippen molar-refractivity contribution in [1.82, 2.24) is 5.32 Å². The standard InChI is InChI=1S/C16H19N3OS/c1-12(15-7-4-10-21-15)18-16(20)11-19-9-8-17-13-5-2-3-6-14(13)19/h2-7,10,12,17H,8-9,11H2,1H3,(H,18,20). The Bertz CT molecular complexity index is 612. The van der Waals surface area contributed by atoms with Crippen molar-refractivity contribution >= 4 is 28.6 Å². The van der Waals surface area contributed by atoms with Gasteiger partial charge in [0.05, 0.1) is 24.0 Å². The number of anilines is 2. The van der Waals surface area contributed by atoms with E-state index in [1.807, 2.05) is 36.6 Å². The minimum atomic E-state index is 0.0626. The Hall–Kier alpha value is -2.01. The molecule has 110 valence electrons. The summed E-state index contributed by atoms with van der Waals surface area (Å²) in [5.41, 5.74) is 2.20. The van der Waals surface area contributed by atoms with Crippen LogP contribution in [0.4, 0.5) is 11.4 Å². The van der Waals surface area contributed by atoms with Gasteiger partial charge in [0.15, 0.2) is 0 Å². The van der Waals surface area contributed by atoms with Gasteiger partial charge in [0.1, 0.15) is 0 Å². The maximum absolute atomic E-state index is 12.3. The van der Waals surface area contributed by atoms with Gasteiger partial charge in [-0.05, 0) is 30.5 Å². The maximum atomic E-state index is 12.3. The molecular formula is C16H19N3OS. The molecule has 1 aliphatic heterocycles. The zero-order valence-electron chi connectivity index (χ0n) is 12.0. The molecule has 1 atom stereocenters. The van der Waals surface area contributed by atoms with Crippen molar-refractivity contribution in [3.8, 4) is 0 Å². The van der Waals surface area contributed by atoms with Gasteiger partial charge in [0.25, 0.3) is 0 Å². The number of thiophene rings is 1. The van der Waals surface area contributed by atoms with Gasteiger partial charge in [-0.1, -0.05) is 18.2 Å². The summed E-state index contributed by atoms with van der Waals surface area (Å²) in [7, 11) is 0. The molecule has 0 saturated heterocycles. The molecule has 3 rings (SSSR count). The molecule has 1 aromatic heterocycles. The highest BCUT2D eigenvalue weighted by molar-refractivity contribution is 7.10. The zero-order valence-corrected chi connectivity index (χ0v) is 12.8. The molecule has 1 aromatic carbocycles. The quantitative estimate of drug-likeness (QED) is 0.912. The number of amides is 1. The predicted molar refractivity (Wildman–Crippen MR) is 88.0 cm³/mol. The number of carbonyl (C=O) groups is 1. The predicted octanol–water partition coefficient (Wildman–Crippen LogP) is 2.86. The van der Waals surface area contributed by atoms with Gasteiger partial charge < -0.3 is 15.5 Å². The minimum Gasteiger partial charge on any atom is -0.382 e. The molecule has 0 radical (unpaired) electrons. The number of nitrogens with zero attached hydrogens (tertiary/aromatic N) is 1. The summed E-state index contributed by atoms with van der Waals surface area (Å²) in [4.78, 5) is 15.6. The number of hydrogen-bond donors (Lipinski definition) is 2. The molecule has 0 fully saturated rings. The van der Waals surface area contributed by atoms with Crippen LogP contribution in [0.2, 0.25) is 0 Å². The SMILES string of the molecule is CC(NC(=O)CN1CCNc2ccccc21)c1cccs1. The molecule has 2 aromatic rings. The maximum Gasteiger partial charge on any atom is 0.240 e. The lowest BCUT2D eigenvalue weighted by atomic mass is 10.2. The van der Waals surface area contributed by atoms with E-state index in [9.17, 15) is 4.79 Å². The van der Waals surface area contributed by atoms with E-state index in [1.54, 1.807) is 11.3 Å². The molecule has 0 aliphatic carbocycles. The van der Waals surface area contributed by atoms with Crippen LogP contribution >= 0.6 is 11.3 Å².